The Morgan fingerprint density at radius 2 is 1.58 bits per heavy atom. The normalized spacial score (nSPS) is 10.9. The zero-order valence-corrected chi connectivity index (χ0v) is 18.9. The lowest BCUT2D eigenvalue weighted by atomic mass is 10.0. The number of nitrogens with one attached hydrogen (secondary N) is 1. The maximum atomic E-state index is 13.2. The monoisotopic (exact) mass is 449 g/mol. The SMILES string of the molecule is Cc1ccc(NC(=O)c2cc(-c3ccc(C)c(C)c3)nn2-c2ccc(Cl)c(Cl)c2)cc1. The minimum atomic E-state index is -0.266. The third-order valence-corrected chi connectivity index (χ3v) is 5.94. The lowest BCUT2D eigenvalue weighted by molar-refractivity contribution is 0.101. The number of halogens is 2. The van der Waals surface area contributed by atoms with Crippen LogP contribution in [-0.2, 0) is 0 Å². The van der Waals surface area contributed by atoms with Crippen molar-refractivity contribution in [1.82, 2.24) is 9.78 Å². The molecule has 4 rings (SSSR count). The molecule has 0 aliphatic rings. The van der Waals surface area contributed by atoms with Crippen LogP contribution in [0.2, 0.25) is 10.0 Å². The van der Waals surface area contributed by atoms with E-state index in [9.17, 15) is 4.79 Å². The van der Waals surface area contributed by atoms with E-state index in [4.69, 9.17) is 28.3 Å². The summed E-state index contributed by atoms with van der Waals surface area (Å²) >= 11 is 12.3. The molecule has 0 saturated carbocycles. The molecule has 0 unspecified atom stereocenters. The van der Waals surface area contributed by atoms with Gasteiger partial charge in [-0.1, -0.05) is 53.0 Å². The number of aromatic nitrogens is 2. The number of carbonyl (C=O) groups excluding carboxylic acids is 1. The molecule has 1 heterocycles. The summed E-state index contributed by atoms with van der Waals surface area (Å²) in [7, 11) is 0. The van der Waals surface area contributed by atoms with Crippen molar-refractivity contribution in [2.75, 3.05) is 5.32 Å². The molecule has 6 heteroatoms. The summed E-state index contributed by atoms with van der Waals surface area (Å²) in [5, 5.41) is 8.51. The van der Waals surface area contributed by atoms with Gasteiger partial charge in [0.1, 0.15) is 5.69 Å². The molecular formula is C25H21Cl2N3O. The van der Waals surface area contributed by atoms with Crippen molar-refractivity contribution in [3.05, 3.63) is 99.2 Å². The number of hydrogen-bond acceptors (Lipinski definition) is 2. The van der Waals surface area contributed by atoms with Crippen molar-refractivity contribution in [1.29, 1.82) is 0 Å². The number of carbonyl (C=O) groups is 1. The first-order valence-electron chi connectivity index (χ1n) is 9.83. The van der Waals surface area contributed by atoms with Gasteiger partial charge >= 0.3 is 0 Å². The zero-order valence-electron chi connectivity index (χ0n) is 17.4. The maximum Gasteiger partial charge on any atom is 0.274 e. The molecule has 0 bridgehead atoms. The van der Waals surface area contributed by atoms with Gasteiger partial charge in [0.2, 0.25) is 0 Å². The predicted molar refractivity (Wildman–Crippen MR) is 128 cm³/mol. The highest BCUT2D eigenvalue weighted by molar-refractivity contribution is 6.42. The summed E-state index contributed by atoms with van der Waals surface area (Å²) in [6.07, 6.45) is 0. The molecule has 31 heavy (non-hydrogen) atoms. The smallest absolute Gasteiger partial charge is 0.274 e. The van der Waals surface area contributed by atoms with Gasteiger partial charge < -0.3 is 5.32 Å². The number of amides is 1. The first-order valence-corrected chi connectivity index (χ1v) is 10.6. The lowest BCUT2D eigenvalue weighted by Crippen LogP contribution is -2.17. The zero-order chi connectivity index (χ0) is 22.1. The van der Waals surface area contributed by atoms with Crippen LogP contribution in [0.4, 0.5) is 5.69 Å². The summed E-state index contributed by atoms with van der Waals surface area (Å²) in [5.74, 6) is -0.266. The first kappa shape index (κ1) is 21.2. The van der Waals surface area contributed by atoms with E-state index >= 15 is 0 Å². The molecule has 0 aliphatic carbocycles. The van der Waals surface area contributed by atoms with Crippen LogP contribution in [0.3, 0.4) is 0 Å². The van der Waals surface area contributed by atoms with E-state index in [1.807, 2.05) is 37.3 Å². The van der Waals surface area contributed by atoms with Crippen molar-refractivity contribution in [3.8, 4) is 16.9 Å². The molecule has 1 aromatic heterocycles. The van der Waals surface area contributed by atoms with Gasteiger partial charge in [0.15, 0.2) is 0 Å². The largest absolute Gasteiger partial charge is 0.321 e. The van der Waals surface area contributed by atoms with Crippen molar-refractivity contribution < 1.29 is 4.79 Å². The van der Waals surface area contributed by atoms with Crippen LogP contribution in [-0.4, -0.2) is 15.7 Å². The van der Waals surface area contributed by atoms with E-state index in [0.29, 0.717) is 32.8 Å². The van der Waals surface area contributed by atoms with Crippen LogP contribution in [0.5, 0.6) is 0 Å². The number of anilines is 1. The van der Waals surface area contributed by atoms with Crippen molar-refractivity contribution in [2.24, 2.45) is 0 Å². The highest BCUT2D eigenvalue weighted by Gasteiger charge is 2.19. The van der Waals surface area contributed by atoms with E-state index in [2.05, 4.69) is 31.3 Å². The summed E-state index contributed by atoms with van der Waals surface area (Å²) in [5.41, 5.74) is 6.87. The second-order valence-electron chi connectivity index (χ2n) is 7.54. The molecule has 0 atom stereocenters. The molecule has 156 valence electrons. The Kier molecular flexibility index (Phi) is 5.86. The van der Waals surface area contributed by atoms with Gasteiger partial charge in [-0.05, 0) is 74.4 Å². The van der Waals surface area contributed by atoms with Crippen LogP contribution in [0, 0.1) is 20.8 Å². The van der Waals surface area contributed by atoms with E-state index in [-0.39, 0.29) is 5.91 Å². The quantitative estimate of drug-likeness (QED) is 0.363. The van der Waals surface area contributed by atoms with Gasteiger partial charge in [-0.3, -0.25) is 4.79 Å². The first-order chi connectivity index (χ1) is 14.8. The third-order valence-electron chi connectivity index (χ3n) is 5.20. The molecule has 1 N–H and O–H groups in total. The van der Waals surface area contributed by atoms with Gasteiger partial charge in [-0.15, -0.1) is 0 Å². The van der Waals surface area contributed by atoms with Crippen LogP contribution in [0.15, 0.2) is 66.7 Å². The van der Waals surface area contributed by atoms with Crippen LogP contribution < -0.4 is 5.32 Å². The molecule has 0 aliphatic heterocycles. The van der Waals surface area contributed by atoms with Gasteiger partial charge in [0, 0.05) is 11.3 Å². The molecule has 4 aromatic rings. The molecular weight excluding hydrogens is 429 g/mol. The van der Waals surface area contributed by atoms with Crippen molar-refractivity contribution >= 4 is 34.8 Å². The summed E-state index contributed by atoms with van der Waals surface area (Å²) < 4.78 is 1.59. The Balaban J connectivity index is 1.80. The van der Waals surface area contributed by atoms with Crippen LogP contribution in [0.1, 0.15) is 27.2 Å². The van der Waals surface area contributed by atoms with Crippen LogP contribution in [0.25, 0.3) is 16.9 Å². The Bertz CT molecular complexity index is 1280. The van der Waals surface area contributed by atoms with Gasteiger partial charge in [-0.2, -0.15) is 5.10 Å². The standard InChI is InChI=1S/C25H21Cl2N3O/c1-15-4-8-19(9-5-15)28-25(31)24-14-23(18-7-6-16(2)17(3)12-18)29-30(24)20-10-11-21(26)22(27)13-20/h4-14H,1-3H3,(H,28,31). The van der Waals surface area contributed by atoms with E-state index in [0.717, 1.165) is 16.7 Å². The average Bonchev–Trinajstić information content (AvgIpc) is 3.19. The second-order valence-corrected chi connectivity index (χ2v) is 8.36. The summed E-state index contributed by atoms with van der Waals surface area (Å²) in [4.78, 5) is 13.2. The summed E-state index contributed by atoms with van der Waals surface area (Å²) in [6, 6.07) is 20.7. The molecule has 3 aromatic carbocycles. The fourth-order valence-corrected chi connectivity index (χ4v) is 3.52. The second kappa shape index (κ2) is 8.58. The molecule has 0 radical (unpaired) electrons. The van der Waals surface area contributed by atoms with Gasteiger partial charge in [0.25, 0.3) is 5.91 Å². The average molecular weight is 450 g/mol. The number of benzene rings is 3. The predicted octanol–water partition coefficient (Wildman–Crippen LogP) is 7.02. The van der Waals surface area contributed by atoms with E-state index < -0.39 is 0 Å². The number of nitrogens with zero attached hydrogens (tertiary/aromatic N) is 2. The lowest BCUT2D eigenvalue weighted by Gasteiger charge is -2.09. The Hall–Kier alpha value is -3.08. The molecule has 0 saturated heterocycles. The Morgan fingerprint density at radius 1 is 0.839 bits per heavy atom. The molecule has 0 spiro atoms. The summed E-state index contributed by atoms with van der Waals surface area (Å²) in [6.45, 7) is 6.12. The molecule has 4 nitrogen and oxygen atoms in total. The number of rotatable bonds is 4. The Labute approximate surface area is 191 Å². The Morgan fingerprint density at radius 3 is 2.26 bits per heavy atom. The van der Waals surface area contributed by atoms with E-state index in [1.54, 1.807) is 28.9 Å². The highest BCUT2D eigenvalue weighted by atomic mass is 35.5. The van der Waals surface area contributed by atoms with E-state index in [1.165, 1.54) is 5.56 Å². The molecule has 1 amide bonds. The maximum absolute atomic E-state index is 13.2. The topological polar surface area (TPSA) is 46.9 Å². The van der Waals surface area contributed by atoms with Crippen LogP contribution >= 0.6 is 23.2 Å². The van der Waals surface area contributed by atoms with Crippen molar-refractivity contribution in [2.45, 2.75) is 20.8 Å². The number of hydrogen-bond donors (Lipinski definition) is 1. The number of aryl methyl sites for hydroxylation is 3. The minimum absolute atomic E-state index is 0.266. The van der Waals surface area contributed by atoms with Gasteiger partial charge in [0.05, 0.1) is 21.4 Å². The third kappa shape index (κ3) is 4.50. The fourth-order valence-electron chi connectivity index (χ4n) is 3.23. The van der Waals surface area contributed by atoms with Crippen molar-refractivity contribution in [3.63, 3.8) is 0 Å². The van der Waals surface area contributed by atoms with Gasteiger partial charge in [-0.25, -0.2) is 4.68 Å². The minimum Gasteiger partial charge on any atom is -0.321 e. The highest BCUT2D eigenvalue weighted by Crippen LogP contribution is 2.28. The molecule has 0 fully saturated rings. The fraction of sp³-hybridized carbons (Fsp3) is 0.120.